The molecular weight excluding hydrogens is 528 g/mol. The first kappa shape index (κ1) is 28.6. The number of ether oxygens (including phenoxy) is 4. The maximum absolute atomic E-state index is 12.4. The van der Waals surface area contributed by atoms with Crippen molar-refractivity contribution in [2.45, 2.75) is 39.0 Å². The Balaban J connectivity index is 1.59. The average Bonchev–Trinajstić information content (AvgIpc) is 2.95. The maximum Gasteiger partial charge on any atom is 0.336 e. The average molecular weight is 559 g/mol. The molecule has 0 aliphatic carbocycles. The van der Waals surface area contributed by atoms with Crippen molar-refractivity contribution in [1.29, 1.82) is 5.26 Å². The standard InChI is InChI=1S/C32H31ClN2O5/c1-3-5-6-17-38-27-15-10-22(18-29(27)37-4-2)31-25-14-13-24(19-28(25)40-32(35)26(31)20-34)39-30(36)16-9-21-7-11-23(33)12-8-21/h7-16,18-19,31H,3-6,17,35H2,1-2H3/b16-9+. The molecule has 3 aromatic carbocycles. The van der Waals surface area contributed by atoms with Gasteiger partial charge in [0.25, 0.3) is 0 Å². The lowest BCUT2D eigenvalue weighted by atomic mass is 9.83. The van der Waals surface area contributed by atoms with Gasteiger partial charge >= 0.3 is 5.97 Å². The van der Waals surface area contributed by atoms with Crippen LogP contribution in [0.15, 0.2) is 78.2 Å². The molecule has 4 rings (SSSR count). The zero-order chi connectivity index (χ0) is 28.5. The van der Waals surface area contributed by atoms with E-state index in [4.69, 9.17) is 36.3 Å². The largest absolute Gasteiger partial charge is 0.490 e. The molecule has 0 saturated heterocycles. The molecule has 0 bridgehead atoms. The number of nitrogens with zero attached hydrogens (tertiary/aromatic N) is 1. The molecule has 3 aromatic rings. The zero-order valence-corrected chi connectivity index (χ0v) is 23.2. The summed E-state index contributed by atoms with van der Waals surface area (Å²) in [5.41, 5.74) is 8.77. The van der Waals surface area contributed by atoms with Gasteiger partial charge < -0.3 is 24.7 Å². The first-order chi connectivity index (χ1) is 19.4. The highest BCUT2D eigenvalue weighted by atomic mass is 35.5. The highest BCUT2D eigenvalue weighted by molar-refractivity contribution is 6.30. The number of halogens is 1. The van der Waals surface area contributed by atoms with Crippen LogP contribution in [0.1, 0.15) is 55.7 Å². The molecule has 0 fully saturated rings. The van der Waals surface area contributed by atoms with Crippen LogP contribution in [0.25, 0.3) is 6.08 Å². The van der Waals surface area contributed by atoms with Crippen molar-refractivity contribution < 1.29 is 23.7 Å². The molecular formula is C32H31ClN2O5. The molecule has 0 aromatic heterocycles. The number of nitriles is 1. The second kappa shape index (κ2) is 13.6. The van der Waals surface area contributed by atoms with Crippen LogP contribution >= 0.6 is 11.6 Å². The van der Waals surface area contributed by atoms with Crippen LogP contribution in [0.3, 0.4) is 0 Å². The van der Waals surface area contributed by atoms with E-state index in [1.165, 1.54) is 6.08 Å². The highest BCUT2D eigenvalue weighted by Crippen LogP contribution is 2.45. The van der Waals surface area contributed by atoms with Gasteiger partial charge in [-0.05, 0) is 60.9 Å². The van der Waals surface area contributed by atoms with Crippen molar-refractivity contribution in [2.24, 2.45) is 5.73 Å². The number of carbonyl (C=O) groups is 1. The van der Waals surface area contributed by atoms with Crippen LogP contribution in [0.5, 0.6) is 23.0 Å². The van der Waals surface area contributed by atoms with Gasteiger partial charge in [-0.1, -0.05) is 55.6 Å². The van der Waals surface area contributed by atoms with Crippen LogP contribution in [0.4, 0.5) is 0 Å². The maximum atomic E-state index is 12.4. The normalized spacial score (nSPS) is 14.3. The minimum atomic E-state index is -0.556. The predicted octanol–water partition coefficient (Wildman–Crippen LogP) is 7.14. The summed E-state index contributed by atoms with van der Waals surface area (Å²) < 4.78 is 23.1. The van der Waals surface area contributed by atoms with E-state index >= 15 is 0 Å². The van der Waals surface area contributed by atoms with Crippen molar-refractivity contribution in [2.75, 3.05) is 13.2 Å². The summed E-state index contributed by atoms with van der Waals surface area (Å²) in [6, 6.07) is 19.9. The molecule has 0 spiro atoms. The summed E-state index contributed by atoms with van der Waals surface area (Å²) in [5, 5.41) is 10.6. The molecule has 1 atom stereocenters. The van der Waals surface area contributed by atoms with Crippen LogP contribution < -0.4 is 24.7 Å². The highest BCUT2D eigenvalue weighted by Gasteiger charge is 2.31. The quantitative estimate of drug-likeness (QED) is 0.115. The molecule has 1 heterocycles. The molecule has 40 heavy (non-hydrogen) atoms. The van der Waals surface area contributed by atoms with Gasteiger partial charge in [-0.3, -0.25) is 0 Å². The van der Waals surface area contributed by atoms with E-state index in [0.717, 1.165) is 30.4 Å². The third-order valence-corrected chi connectivity index (χ3v) is 6.55. The first-order valence-electron chi connectivity index (χ1n) is 13.2. The zero-order valence-electron chi connectivity index (χ0n) is 22.5. The summed E-state index contributed by atoms with van der Waals surface area (Å²) >= 11 is 5.90. The monoisotopic (exact) mass is 558 g/mol. The van der Waals surface area contributed by atoms with Crippen molar-refractivity contribution in [3.05, 3.63) is 99.9 Å². The molecule has 7 nitrogen and oxygen atoms in total. The van der Waals surface area contributed by atoms with E-state index in [0.29, 0.717) is 41.0 Å². The second-order valence-corrected chi connectivity index (χ2v) is 9.56. The number of unbranched alkanes of at least 4 members (excludes halogenated alkanes) is 2. The van der Waals surface area contributed by atoms with Gasteiger partial charge in [0.2, 0.25) is 5.88 Å². The van der Waals surface area contributed by atoms with Gasteiger partial charge in [0, 0.05) is 22.7 Å². The number of nitrogens with two attached hydrogens (primary N) is 1. The Morgan fingerprint density at radius 3 is 2.58 bits per heavy atom. The van der Waals surface area contributed by atoms with E-state index in [1.54, 1.807) is 48.5 Å². The Kier molecular flexibility index (Phi) is 9.71. The summed E-state index contributed by atoms with van der Waals surface area (Å²) in [6.45, 7) is 5.11. The Labute approximate surface area is 239 Å². The molecule has 1 aliphatic rings. The molecule has 0 radical (unpaired) electrons. The molecule has 8 heteroatoms. The third kappa shape index (κ3) is 6.96. The summed E-state index contributed by atoms with van der Waals surface area (Å²) in [7, 11) is 0. The van der Waals surface area contributed by atoms with E-state index in [1.807, 2.05) is 25.1 Å². The molecule has 0 amide bonds. The molecule has 2 N–H and O–H groups in total. The van der Waals surface area contributed by atoms with Crippen molar-refractivity contribution in [3.63, 3.8) is 0 Å². The number of carbonyl (C=O) groups excluding carboxylic acids is 1. The fourth-order valence-corrected chi connectivity index (χ4v) is 4.48. The number of hydrogen-bond donors (Lipinski definition) is 1. The van der Waals surface area contributed by atoms with Gasteiger partial charge in [0.15, 0.2) is 11.5 Å². The van der Waals surface area contributed by atoms with Gasteiger partial charge in [-0.25, -0.2) is 4.79 Å². The lowest BCUT2D eigenvalue weighted by Crippen LogP contribution is -2.21. The number of rotatable bonds is 11. The smallest absolute Gasteiger partial charge is 0.336 e. The lowest BCUT2D eigenvalue weighted by Gasteiger charge is -2.27. The molecule has 206 valence electrons. The van der Waals surface area contributed by atoms with E-state index in [9.17, 15) is 10.1 Å². The number of benzene rings is 3. The van der Waals surface area contributed by atoms with Crippen molar-refractivity contribution in [3.8, 4) is 29.1 Å². The molecule has 1 aliphatic heterocycles. The minimum absolute atomic E-state index is 0.0102. The van der Waals surface area contributed by atoms with E-state index in [-0.39, 0.29) is 17.2 Å². The Bertz CT molecular complexity index is 1460. The minimum Gasteiger partial charge on any atom is -0.490 e. The van der Waals surface area contributed by atoms with Gasteiger partial charge in [-0.15, -0.1) is 0 Å². The summed E-state index contributed by atoms with van der Waals surface area (Å²) in [5.74, 6) is 0.852. The van der Waals surface area contributed by atoms with Crippen molar-refractivity contribution in [1.82, 2.24) is 0 Å². The van der Waals surface area contributed by atoms with E-state index in [2.05, 4.69) is 13.0 Å². The number of fused-ring (bicyclic) bond motifs is 1. The van der Waals surface area contributed by atoms with E-state index < -0.39 is 11.9 Å². The SMILES string of the molecule is CCCCCOc1ccc(C2C(C#N)=C(N)Oc3cc(OC(=O)/C=C/c4ccc(Cl)cc4)ccc32)cc1OCC. The fraction of sp³-hybridized carbons (Fsp3) is 0.250. The lowest BCUT2D eigenvalue weighted by molar-refractivity contribution is -0.128. The summed E-state index contributed by atoms with van der Waals surface area (Å²) in [4.78, 5) is 12.4. The topological polar surface area (TPSA) is 104 Å². The Morgan fingerprint density at radius 1 is 1.05 bits per heavy atom. The van der Waals surface area contributed by atoms with Gasteiger partial charge in [0.05, 0.1) is 19.1 Å². The summed E-state index contributed by atoms with van der Waals surface area (Å²) in [6.07, 6.45) is 6.12. The molecule has 1 unspecified atom stereocenters. The van der Waals surface area contributed by atoms with Crippen molar-refractivity contribution >= 4 is 23.6 Å². The Hall–Kier alpha value is -4.41. The third-order valence-electron chi connectivity index (χ3n) is 6.30. The number of esters is 1. The first-order valence-corrected chi connectivity index (χ1v) is 13.6. The van der Waals surface area contributed by atoms with Crippen LogP contribution in [-0.2, 0) is 4.79 Å². The number of hydrogen-bond acceptors (Lipinski definition) is 7. The van der Waals surface area contributed by atoms with Crippen LogP contribution in [0, 0.1) is 11.3 Å². The molecule has 0 saturated carbocycles. The van der Waals surface area contributed by atoms with Gasteiger partial charge in [-0.2, -0.15) is 5.26 Å². The Morgan fingerprint density at radius 2 is 1.85 bits per heavy atom. The number of allylic oxidation sites excluding steroid dienone is 1. The second-order valence-electron chi connectivity index (χ2n) is 9.13. The van der Waals surface area contributed by atoms with Crippen LogP contribution in [0.2, 0.25) is 5.02 Å². The van der Waals surface area contributed by atoms with Crippen LogP contribution in [-0.4, -0.2) is 19.2 Å². The predicted molar refractivity (Wildman–Crippen MR) is 154 cm³/mol. The fourth-order valence-electron chi connectivity index (χ4n) is 4.36. The van der Waals surface area contributed by atoms with Gasteiger partial charge in [0.1, 0.15) is 23.1 Å².